The van der Waals surface area contributed by atoms with E-state index in [9.17, 15) is 38.1 Å². The van der Waals surface area contributed by atoms with E-state index < -0.39 is 45.4 Å². The van der Waals surface area contributed by atoms with E-state index in [1.807, 2.05) is 0 Å². The van der Waals surface area contributed by atoms with Crippen molar-refractivity contribution < 1.29 is 42.9 Å². The molecule has 1 aromatic rings. The molecule has 0 saturated heterocycles. The lowest BCUT2D eigenvalue weighted by atomic mass is 9.82. The first kappa shape index (κ1) is 38.1. The van der Waals surface area contributed by atoms with Gasteiger partial charge in [0.15, 0.2) is 5.60 Å². The standard InChI is InChI=1S/C31H50N2O9S/c1-4-6-7-13-21-32-43(40,41)22-14-11-9-8-10-12-15-26(31(39,20-5-2)30(37)38)28(35)33-27(29(36)42-3)23-24-16-18-25(34)19-17-24/h12,15-19,26-27,32,34,39H,4-11,13-14,20-23H2,1-3H3,(H,33,35)(H,37,38)/b15-12+/t26-,27+,31+/m1/s1. The number of ether oxygens (including phenoxy) is 1. The van der Waals surface area contributed by atoms with E-state index in [1.54, 1.807) is 25.1 Å². The number of amides is 1. The molecule has 0 aliphatic carbocycles. The fourth-order valence-corrected chi connectivity index (χ4v) is 5.88. The lowest BCUT2D eigenvalue weighted by molar-refractivity contribution is -0.167. The maximum absolute atomic E-state index is 13.4. The van der Waals surface area contributed by atoms with Crippen LogP contribution in [0, 0.1) is 5.92 Å². The number of hydrogen-bond donors (Lipinski definition) is 5. The number of carbonyl (C=O) groups excluding carboxylic acids is 2. The molecule has 1 rings (SSSR count). The molecular formula is C31H50N2O9S. The highest BCUT2D eigenvalue weighted by atomic mass is 32.2. The number of phenols is 1. The molecule has 12 heteroatoms. The van der Waals surface area contributed by atoms with Crippen molar-refractivity contribution in [3.05, 3.63) is 42.0 Å². The number of aliphatic carboxylic acids is 1. The predicted molar refractivity (Wildman–Crippen MR) is 165 cm³/mol. The smallest absolute Gasteiger partial charge is 0.336 e. The molecule has 0 saturated carbocycles. The van der Waals surface area contributed by atoms with Crippen molar-refractivity contribution in [2.45, 2.75) is 103 Å². The summed E-state index contributed by atoms with van der Waals surface area (Å²) in [5.41, 5.74) is -1.77. The normalized spacial score (nSPS) is 14.6. The minimum Gasteiger partial charge on any atom is -0.508 e. The van der Waals surface area contributed by atoms with Gasteiger partial charge in [-0.15, -0.1) is 0 Å². The summed E-state index contributed by atoms with van der Waals surface area (Å²) in [4.78, 5) is 38.0. The number of nitrogens with one attached hydrogen (secondary N) is 2. The van der Waals surface area contributed by atoms with Gasteiger partial charge in [0.1, 0.15) is 11.8 Å². The number of carboxylic acid groups (broad SMARTS) is 1. The third-order valence-corrected chi connectivity index (χ3v) is 8.66. The number of phenolic OH excluding ortho intramolecular Hbond substituents is 1. The second-order valence-corrected chi connectivity index (χ2v) is 12.7. The maximum Gasteiger partial charge on any atom is 0.336 e. The quantitative estimate of drug-likeness (QED) is 0.0686. The molecule has 0 heterocycles. The molecule has 0 aromatic heterocycles. The van der Waals surface area contributed by atoms with Crippen LogP contribution in [0.4, 0.5) is 0 Å². The first-order chi connectivity index (χ1) is 20.4. The van der Waals surface area contributed by atoms with E-state index in [4.69, 9.17) is 4.74 Å². The molecule has 0 aliphatic heterocycles. The molecule has 1 amide bonds. The summed E-state index contributed by atoms with van der Waals surface area (Å²) in [6.45, 7) is 4.25. The third-order valence-electron chi connectivity index (χ3n) is 7.19. The summed E-state index contributed by atoms with van der Waals surface area (Å²) in [5, 5.41) is 33.0. The Morgan fingerprint density at radius 3 is 2.23 bits per heavy atom. The Morgan fingerprint density at radius 1 is 0.977 bits per heavy atom. The lowest BCUT2D eigenvalue weighted by Gasteiger charge is -2.30. The number of aliphatic hydroxyl groups is 1. The molecule has 0 fully saturated rings. The minimum absolute atomic E-state index is 0.0263. The van der Waals surface area contributed by atoms with E-state index in [0.29, 0.717) is 44.2 Å². The van der Waals surface area contributed by atoms with Crippen molar-refractivity contribution in [3.8, 4) is 5.75 Å². The number of rotatable bonds is 23. The molecule has 3 atom stereocenters. The first-order valence-electron chi connectivity index (χ1n) is 15.2. The third kappa shape index (κ3) is 14.4. The van der Waals surface area contributed by atoms with E-state index in [1.165, 1.54) is 25.3 Å². The highest BCUT2D eigenvalue weighted by molar-refractivity contribution is 7.89. The maximum atomic E-state index is 13.4. The average Bonchev–Trinajstić information content (AvgIpc) is 2.96. The molecule has 0 unspecified atom stereocenters. The van der Waals surface area contributed by atoms with E-state index in [2.05, 4.69) is 17.0 Å². The highest BCUT2D eigenvalue weighted by Crippen LogP contribution is 2.27. The zero-order valence-electron chi connectivity index (χ0n) is 25.7. The number of sulfonamides is 1. The van der Waals surface area contributed by atoms with Crippen molar-refractivity contribution in [1.29, 1.82) is 0 Å². The fourth-order valence-electron chi connectivity index (χ4n) is 4.70. The van der Waals surface area contributed by atoms with Crippen LogP contribution in [0.1, 0.15) is 90.0 Å². The number of esters is 1. The average molecular weight is 627 g/mol. The van der Waals surface area contributed by atoms with Gasteiger partial charge >= 0.3 is 11.9 Å². The van der Waals surface area contributed by atoms with E-state index in [0.717, 1.165) is 32.1 Å². The number of allylic oxidation sites excluding steroid dienone is 1. The van der Waals surface area contributed by atoms with Crippen LogP contribution in [0.15, 0.2) is 36.4 Å². The molecule has 0 spiro atoms. The van der Waals surface area contributed by atoms with Crippen molar-refractivity contribution in [2.75, 3.05) is 19.4 Å². The van der Waals surface area contributed by atoms with Gasteiger partial charge in [-0.25, -0.2) is 22.7 Å². The highest BCUT2D eigenvalue weighted by Gasteiger charge is 2.46. The van der Waals surface area contributed by atoms with E-state index in [-0.39, 0.29) is 24.3 Å². The molecular weight excluding hydrogens is 576 g/mol. The van der Waals surface area contributed by atoms with Gasteiger partial charge in [-0.2, -0.15) is 0 Å². The van der Waals surface area contributed by atoms with Crippen LogP contribution in [-0.4, -0.2) is 72.6 Å². The Kier molecular flexibility index (Phi) is 17.8. The molecule has 0 bridgehead atoms. The number of hydrogen-bond acceptors (Lipinski definition) is 8. The molecule has 0 aliphatic rings. The summed E-state index contributed by atoms with van der Waals surface area (Å²) in [6.07, 6.45) is 10.3. The van der Waals surface area contributed by atoms with Crippen LogP contribution >= 0.6 is 0 Å². The monoisotopic (exact) mass is 626 g/mol. The number of benzene rings is 1. The zero-order chi connectivity index (χ0) is 32.3. The largest absolute Gasteiger partial charge is 0.508 e. The van der Waals surface area contributed by atoms with Gasteiger partial charge in [-0.05, 0) is 49.8 Å². The molecule has 43 heavy (non-hydrogen) atoms. The van der Waals surface area contributed by atoms with Gasteiger partial charge in [-0.3, -0.25) is 4.79 Å². The number of carboxylic acids is 1. The summed E-state index contributed by atoms with van der Waals surface area (Å²) in [7, 11) is -2.13. The SMILES string of the molecule is CCCCCCNS(=O)(=O)CCCCCC/C=C/[C@H](C(=O)N[C@@H](Cc1ccc(O)cc1)C(=O)OC)[C@@](O)(CCC)C(=O)O. The predicted octanol–water partition coefficient (Wildman–Crippen LogP) is 3.83. The lowest BCUT2D eigenvalue weighted by Crippen LogP contribution is -2.54. The Bertz CT molecular complexity index is 1120. The number of unbranched alkanes of at least 4 members (excludes halogenated alkanes) is 7. The van der Waals surface area contributed by atoms with Crippen LogP contribution in [0.25, 0.3) is 0 Å². The Morgan fingerprint density at radius 2 is 1.63 bits per heavy atom. The van der Waals surface area contributed by atoms with Crippen molar-refractivity contribution in [3.63, 3.8) is 0 Å². The van der Waals surface area contributed by atoms with Gasteiger partial charge in [-0.1, -0.05) is 76.7 Å². The zero-order valence-corrected chi connectivity index (χ0v) is 26.5. The second kappa shape index (κ2) is 20.1. The molecule has 1 aromatic carbocycles. The van der Waals surface area contributed by atoms with E-state index >= 15 is 0 Å². The number of methoxy groups -OCH3 is 1. The molecule has 244 valence electrons. The van der Waals surface area contributed by atoms with Crippen molar-refractivity contribution in [2.24, 2.45) is 5.92 Å². The summed E-state index contributed by atoms with van der Waals surface area (Å²) < 4.78 is 31.7. The first-order valence-corrected chi connectivity index (χ1v) is 16.8. The van der Waals surface area contributed by atoms with Gasteiger partial charge < -0.3 is 25.4 Å². The van der Waals surface area contributed by atoms with Gasteiger partial charge in [0.2, 0.25) is 15.9 Å². The van der Waals surface area contributed by atoms with Crippen LogP contribution in [0.5, 0.6) is 5.75 Å². The van der Waals surface area contributed by atoms with Crippen LogP contribution in [0.3, 0.4) is 0 Å². The second-order valence-electron chi connectivity index (χ2n) is 10.8. The Balaban J connectivity index is 2.80. The number of aromatic hydroxyl groups is 1. The van der Waals surface area contributed by atoms with Gasteiger partial charge in [0.05, 0.1) is 18.8 Å². The van der Waals surface area contributed by atoms with Crippen LogP contribution < -0.4 is 10.0 Å². The molecule has 11 nitrogen and oxygen atoms in total. The van der Waals surface area contributed by atoms with Crippen molar-refractivity contribution >= 4 is 27.9 Å². The Hall–Kier alpha value is -2.96. The summed E-state index contributed by atoms with van der Waals surface area (Å²) in [5.74, 6) is -4.51. The van der Waals surface area contributed by atoms with Crippen LogP contribution in [0.2, 0.25) is 0 Å². The van der Waals surface area contributed by atoms with Gasteiger partial charge in [0.25, 0.3) is 0 Å². The topological polar surface area (TPSA) is 179 Å². The summed E-state index contributed by atoms with van der Waals surface area (Å²) in [6, 6.07) is 4.89. The fraction of sp³-hybridized carbons (Fsp3) is 0.645. The van der Waals surface area contributed by atoms with Crippen LogP contribution in [-0.2, 0) is 35.6 Å². The Labute approximate surface area is 256 Å². The van der Waals surface area contributed by atoms with Crippen molar-refractivity contribution in [1.82, 2.24) is 10.0 Å². The number of carbonyl (C=O) groups is 3. The summed E-state index contributed by atoms with van der Waals surface area (Å²) >= 11 is 0. The molecule has 0 radical (unpaired) electrons. The minimum atomic E-state index is -3.29. The molecule has 5 N–H and O–H groups in total. The van der Waals surface area contributed by atoms with Gasteiger partial charge in [0, 0.05) is 13.0 Å².